The molecule has 0 saturated heterocycles. The highest BCUT2D eigenvalue weighted by Crippen LogP contribution is 2.21. The molecule has 20 heavy (non-hydrogen) atoms. The third-order valence-electron chi connectivity index (χ3n) is 3.18. The first kappa shape index (κ1) is 14.4. The summed E-state index contributed by atoms with van der Waals surface area (Å²) >= 11 is 5.99. The van der Waals surface area contributed by atoms with Crippen molar-refractivity contribution in [3.05, 3.63) is 76.7 Å². The number of para-hydroxylation sites is 1. The molecule has 1 aromatic carbocycles. The first-order valence-electron chi connectivity index (χ1n) is 6.41. The lowest BCUT2D eigenvalue weighted by Gasteiger charge is -2.15. The normalized spacial score (nSPS) is 10.3. The van der Waals surface area contributed by atoms with Crippen LogP contribution in [0.2, 0.25) is 0 Å². The SMILES string of the molecule is C=Cc1cc(CC)n(-c2ccccc2)c(=O)c1C(=C)Cl. The molecule has 2 aromatic rings. The summed E-state index contributed by atoms with van der Waals surface area (Å²) in [7, 11) is 0. The van der Waals surface area contributed by atoms with Gasteiger partial charge in [-0.1, -0.05) is 56.0 Å². The molecule has 2 rings (SSSR count). The van der Waals surface area contributed by atoms with E-state index in [1.54, 1.807) is 10.6 Å². The molecule has 0 N–H and O–H groups in total. The van der Waals surface area contributed by atoms with Crippen LogP contribution in [0.3, 0.4) is 0 Å². The average Bonchev–Trinajstić information content (AvgIpc) is 2.46. The number of benzene rings is 1. The zero-order valence-corrected chi connectivity index (χ0v) is 12.2. The average molecular weight is 286 g/mol. The van der Waals surface area contributed by atoms with Gasteiger partial charge in [0, 0.05) is 16.4 Å². The summed E-state index contributed by atoms with van der Waals surface area (Å²) in [5.41, 5.74) is 2.70. The predicted molar refractivity (Wildman–Crippen MR) is 86.4 cm³/mol. The minimum Gasteiger partial charge on any atom is -0.281 e. The van der Waals surface area contributed by atoms with Crippen LogP contribution in [-0.2, 0) is 6.42 Å². The highest BCUT2D eigenvalue weighted by Gasteiger charge is 2.15. The second-order valence-corrected chi connectivity index (χ2v) is 4.86. The molecule has 0 saturated carbocycles. The van der Waals surface area contributed by atoms with Crippen molar-refractivity contribution in [3.8, 4) is 5.69 Å². The van der Waals surface area contributed by atoms with E-state index in [0.29, 0.717) is 5.56 Å². The summed E-state index contributed by atoms with van der Waals surface area (Å²) in [6.45, 7) is 9.44. The number of pyridine rings is 1. The Balaban J connectivity index is 2.87. The zero-order chi connectivity index (χ0) is 14.7. The van der Waals surface area contributed by atoms with Gasteiger partial charge in [0.2, 0.25) is 0 Å². The molecule has 1 aromatic heterocycles. The summed E-state index contributed by atoms with van der Waals surface area (Å²) < 4.78 is 1.68. The number of rotatable bonds is 4. The van der Waals surface area contributed by atoms with Gasteiger partial charge in [-0.15, -0.1) is 0 Å². The van der Waals surface area contributed by atoms with E-state index < -0.39 is 0 Å². The molecule has 102 valence electrons. The molecule has 0 aliphatic heterocycles. The minimum atomic E-state index is -0.162. The van der Waals surface area contributed by atoms with Crippen molar-refractivity contribution in [1.82, 2.24) is 4.57 Å². The third kappa shape index (κ3) is 2.47. The van der Waals surface area contributed by atoms with Crippen LogP contribution in [0.4, 0.5) is 0 Å². The molecule has 0 aliphatic rings. The fourth-order valence-electron chi connectivity index (χ4n) is 2.24. The maximum absolute atomic E-state index is 12.7. The summed E-state index contributed by atoms with van der Waals surface area (Å²) in [4.78, 5) is 12.7. The lowest BCUT2D eigenvalue weighted by Crippen LogP contribution is -2.25. The van der Waals surface area contributed by atoms with Crippen LogP contribution >= 0.6 is 11.6 Å². The molecular formula is C17H16ClNO. The van der Waals surface area contributed by atoms with Crippen LogP contribution in [0, 0.1) is 0 Å². The number of aromatic nitrogens is 1. The molecule has 2 nitrogen and oxygen atoms in total. The van der Waals surface area contributed by atoms with E-state index in [4.69, 9.17) is 11.6 Å². The van der Waals surface area contributed by atoms with Gasteiger partial charge < -0.3 is 0 Å². The van der Waals surface area contributed by atoms with Crippen molar-refractivity contribution in [2.45, 2.75) is 13.3 Å². The second kappa shape index (κ2) is 5.93. The van der Waals surface area contributed by atoms with Gasteiger partial charge in [-0.2, -0.15) is 0 Å². The molecule has 1 heterocycles. The van der Waals surface area contributed by atoms with Crippen molar-refractivity contribution in [2.24, 2.45) is 0 Å². The number of nitrogens with zero attached hydrogens (tertiary/aromatic N) is 1. The van der Waals surface area contributed by atoms with Gasteiger partial charge in [-0.25, -0.2) is 0 Å². The highest BCUT2D eigenvalue weighted by molar-refractivity contribution is 6.48. The van der Waals surface area contributed by atoms with E-state index in [1.165, 1.54) is 0 Å². The van der Waals surface area contributed by atoms with Gasteiger partial charge in [0.05, 0.1) is 5.56 Å². The smallest absolute Gasteiger partial charge is 0.264 e. The van der Waals surface area contributed by atoms with Crippen molar-refractivity contribution in [2.75, 3.05) is 0 Å². The van der Waals surface area contributed by atoms with Crippen molar-refractivity contribution in [1.29, 1.82) is 0 Å². The van der Waals surface area contributed by atoms with Crippen LogP contribution in [0.15, 0.2) is 54.4 Å². The Morgan fingerprint density at radius 1 is 1.35 bits per heavy atom. The molecule has 0 aliphatic carbocycles. The van der Waals surface area contributed by atoms with E-state index in [-0.39, 0.29) is 10.6 Å². The van der Waals surface area contributed by atoms with E-state index >= 15 is 0 Å². The van der Waals surface area contributed by atoms with Crippen LogP contribution in [-0.4, -0.2) is 4.57 Å². The molecular weight excluding hydrogens is 270 g/mol. The van der Waals surface area contributed by atoms with Gasteiger partial charge in [0.25, 0.3) is 5.56 Å². The first-order chi connectivity index (χ1) is 9.60. The van der Waals surface area contributed by atoms with Crippen LogP contribution < -0.4 is 5.56 Å². The Kier molecular flexibility index (Phi) is 4.26. The van der Waals surface area contributed by atoms with E-state index in [9.17, 15) is 4.79 Å². The minimum absolute atomic E-state index is 0.162. The van der Waals surface area contributed by atoms with Gasteiger partial charge in [0.15, 0.2) is 0 Å². The fraction of sp³-hybridized carbons (Fsp3) is 0.118. The topological polar surface area (TPSA) is 22.0 Å². The molecule has 0 amide bonds. The van der Waals surface area contributed by atoms with E-state index in [0.717, 1.165) is 23.4 Å². The predicted octanol–water partition coefficient (Wildman–Crippen LogP) is 4.25. The summed E-state index contributed by atoms with van der Waals surface area (Å²) in [5.74, 6) is 0. The molecule has 0 radical (unpaired) electrons. The number of aryl methyl sites for hydroxylation is 1. The Bertz CT molecular complexity index is 714. The fourth-order valence-corrected chi connectivity index (χ4v) is 2.43. The molecule has 0 bridgehead atoms. The summed E-state index contributed by atoms with van der Waals surface area (Å²) in [6, 6.07) is 11.4. The Hall–Kier alpha value is -2.06. The van der Waals surface area contributed by atoms with Gasteiger partial charge in [0.1, 0.15) is 0 Å². The lowest BCUT2D eigenvalue weighted by atomic mass is 10.1. The van der Waals surface area contributed by atoms with Gasteiger partial charge in [-0.3, -0.25) is 9.36 Å². The number of halogens is 1. The molecule has 0 fully saturated rings. The Morgan fingerprint density at radius 3 is 2.50 bits per heavy atom. The van der Waals surface area contributed by atoms with Crippen LogP contribution in [0.25, 0.3) is 16.8 Å². The maximum atomic E-state index is 12.7. The third-order valence-corrected chi connectivity index (χ3v) is 3.37. The van der Waals surface area contributed by atoms with E-state index in [1.807, 2.05) is 43.3 Å². The standard InChI is InChI=1S/C17H16ClNO/c1-4-13-11-14(5-2)19(15-9-7-6-8-10-15)17(20)16(13)12(3)18/h4,6-11H,1,3,5H2,2H3. The Labute approximate surface area is 123 Å². The molecule has 0 spiro atoms. The van der Waals surface area contributed by atoms with Crippen LogP contribution in [0.1, 0.15) is 23.7 Å². The summed E-state index contributed by atoms with van der Waals surface area (Å²) in [5, 5.41) is 0.234. The first-order valence-corrected chi connectivity index (χ1v) is 6.79. The zero-order valence-electron chi connectivity index (χ0n) is 11.4. The lowest BCUT2D eigenvalue weighted by molar-refractivity contribution is 0.872. The van der Waals surface area contributed by atoms with E-state index in [2.05, 4.69) is 13.2 Å². The van der Waals surface area contributed by atoms with Crippen molar-refractivity contribution >= 4 is 22.7 Å². The molecule has 0 atom stereocenters. The largest absolute Gasteiger partial charge is 0.281 e. The van der Waals surface area contributed by atoms with Crippen molar-refractivity contribution in [3.63, 3.8) is 0 Å². The number of hydrogen-bond donors (Lipinski definition) is 0. The molecule has 0 unspecified atom stereocenters. The van der Waals surface area contributed by atoms with Gasteiger partial charge in [-0.05, 0) is 30.2 Å². The maximum Gasteiger partial charge on any atom is 0.264 e. The van der Waals surface area contributed by atoms with Crippen LogP contribution in [0.5, 0.6) is 0 Å². The Morgan fingerprint density at radius 2 is 2.00 bits per heavy atom. The van der Waals surface area contributed by atoms with Crippen molar-refractivity contribution < 1.29 is 0 Å². The molecule has 3 heteroatoms. The highest BCUT2D eigenvalue weighted by atomic mass is 35.5. The summed E-state index contributed by atoms with van der Waals surface area (Å²) in [6.07, 6.45) is 2.37. The second-order valence-electron chi connectivity index (χ2n) is 4.40. The quantitative estimate of drug-likeness (QED) is 0.823. The van der Waals surface area contributed by atoms with Gasteiger partial charge >= 0.3 is 0 Å². The number of hydrogen-bond acceptors (Lipinski definition) is 1. The monoisotopic (exact) mass is 285 g/mol.